The molecule has 1 aliphatic rings. The largest absolute Gasteiger partial charge is 0.297 e. The Bertz CT molecular complexity index is 747. The Morgan fingerprint density at radius 3 is 1.77 bits per heavy atom. The number of nitrogens with zero attached hydrogens (tertiary/aromatic N) is 1. The second-order valence-electron chi connectivity index (χ2n) is 5.49. The summed E-state index contributed by atoms with van der Waals surface area (Å²) in [6.07, 6.45) is 0. The summed E-state index contributed by atoms with van der Waals surface area (Å²) >= 11 is 0. The zero-order valence-electron chi connectivity index (χ0n) is 12.4. The van der Waals surface area contributed by atoms with E-state index in [0.717, 1.165) is 4.90 Å². The van der Waals surface area contributed by atoms with Crippen LogP contribution in [0.5, 0.6) is 0 Å². The summed E-state index contributed by atoms with van der Waals surface area (Å²) in [5, 5.41) is 0. The Morgan fingerprint density at radius 1 is 0.864 bits per heavy atom. The molecule has 0 aromatic heterocycles. The van der Waals surface area contributed by atoms with E-state index in [1.54, 1.807) is 55.5 Å². The highest BCUT2D eigenvalue weighted by Gasteiger charge is 2.49. The van der Waals surface area contributed by atoms with Gasteiger partial charge in [0.25, 0.3) is 11.8 Å². The van der Waals surface area contributed by atoms with Crippen LogP contribution >= 0.6 is 0 Å². The lowest BCUT2D eigenvalue weighted by atomic mass is 9.86. The molecule has 3 rings (SSSR count). The molecule has 0 aliphatic carbocycles. The third-order valence-electron chi connectivity index (χ3n) is 4.26. The molecule has 0 saturated carbocycles. The van der Waals surface area contributed by atoms with E-state index >= 15 is 0 Å². The van der Waals surface area contributed by atoms with Crippen molar-refractivity contribution in [3.05, 3.63) is 71.3 Å². The molecule has 0 fully saturated rings. The van der Waals surface area contributed by atoms with Gasteiger partial charge in [0.1, 0.15) is 5.54 Å². The number of carbonyl (C=O) groups is 3. The molecule has 4 heteroatoms. The van der Waals surface area contributed by atoms with Crippen LogP contribution in [0, 0.1) is 0 Å². The Kier molecular flexibility index (Phi) is 3.17. The standard InChI is InChI=1S/C18H15NO3/c1-12(20)18(2,13-8-4-3-5-9-13)19-16(21)14-10-6-7-11-15(14)17(19)22/h3-11H,1-2H3/t18-/m1/s1. The summed E-state index contributed by atoms with van der Waals surface area (Å²) in [6, 6.07) is 15.6. The number of ketones is 1. The molecule has 22 heavy (non-hydrogen) atoms. The highest BCUT2D eigenvalue weighted by Crippen LogP contribution is 2.36. The molecule has 0 N–H and O–H groups in total. The van der Waals surface area contributed by atoms with Crippen LogP contribution in [0.15, 0.2) is 54.6 Å². The quantitative estimate of drug-likeness (QED) is 0.818. The van der Waals surface area contributed by atoms with Crippen LogP contribution in [0.3, 0.4) is 0 Å². The number of benzene rings is 2. The Hall–Kier alpha value is -2.75. The van der Waals surface area contributed by atoms with E-state index < -0.39 is 17.4 Å². The highest BCUT2D eigenvalue weighted by molar-refractivity contribution is 6.23. The van der Waals surface area contributed by atoms with E-state index in [4.69, 9.17) is 0 Å². The summed E-state index contributed by atoms with van der Waals surface area (Å²) in [5.74, 6) is -1.11. The van der Waals surface area contributed by atoms with Gasteiger partial charge in [-0.3, -0.25) is 19.3 Å². The van der Waals surface area contributed by atoms with E-state index in [1.165, 1.54) is 6.92 Å². The number of imide groups is 1. The maximum Gasteiger partial charge on any atom is 0.262 e. The molecule has 0 radical (unpaired) electrons. The molecule has 4 nitrogen and oxygen atoms in total. The molecule has 0 unspecified atom stereocenters. The van der Waals surface area contributed by atoms with Crippen molar-refractivity contribution in [1.29, 1.82) is 0 Å². The van der Waals surface area contributed by atoms with Gasteiger partial charge in [0.05, 0.1) is 11.1 Å². The van der Waals surface area contributed by atoms with Crippen molar-refractivity contribution in [2.45, 2.75) is 19.4 Å². The van der Waals surface area contributed by atoms with E-state index in [0.29, 0.717) is 16.7 Å². The zero-order chi connectivity index (χ0) is 15.9. The number of fused-ring (bicyclic) bond motifs is 1. The first-order valence-electron chi connectivity index (χ1n) is 7.02. The average molecular weight is 293 g/mol. The van der Waals surface area contributed by atoms with Crippen LogP contribution in [-0.2, 0) is 10.3 Å². The van der Waals surface area contributed by atoms with Crippen LogP contribution in [0.1, 0.15) is 40.1 Å². The Morgan fingerprint density at radius 2 is 1.32 bits per heavy atom. The summed E-state index contributed by atoms with van der Waals surface area (Å²) < 4.78 is 0. The molecule has 1 atom stereocenters. The van der Waals surface area contributed by atoms with Gasteiger partial charge in [-0.15, -0.1) is 0 Å². The predicted octanol–water partition coefficient (Wildman–Crippen LogP) is 2.79. The van der Waals surface area contributed by atoms with Gasteiger partial charge in [0.2, 0.25) is 0 Å². The van der Waals surface area contributed by atoms with Crippen LogP contribution in [0.4, 0.5) is 0 Å². The fourth-order valence-corrected chi connectivity index (χ4v) is 2.85. The molecule has 0 spiro atoms. The number of carbonyl (C=O) groups excluding carboxylic acids is 3. The van der Waals surface area contributed by atoms with Gasteiger partial charge in [0, 0.05) is 0 Å². The van der Waals surface area contributed by atoms with Gasteiger partial charge in [-0.25, -0.2) is 0 Å². The summed E-state index contributed by atoms with van der Waals surface area (Å²) in [4.78, 5) is 38.8. The normalized spacial score (nSPS) is 16.4. The number of hydrogen-bond acceptors (Lipinski definition) is 3. The SMILES string of the molecule is CC(=O)[C@](C)(c1ccccc1)N1C(=O)c2ccccc2C1=O. The van der Waals surface area contributed by atoms with Gasteiger partial charge in [-0.1, -0.05) is 42.5 Å². The van der Waals surface area contributed by atoms with Gasteiger partial charge in [0.15, 0.2) is 5.78 Å². The minimum absolute atomic E-state index is 0.256. The molecule has 0 bridgehead atoms. The van der Waals surface area contributed by atoms with Crippen LogP contribution in [-0.4, -0.2) is 22.5 Å². The van der Waals surface area contributed by atoms with Crippen molar-refractivity contribution >= 4 is 17.6 Å². The second kappa shape index (κ2) is 4.91. The Balaban J connectivity index is 2.19. The number of amides is 2. The van der Waals surface area contributed by atoms with Crippen molar-refractivity contribution in [1.82, 2.24) is 4.90 Å². The molecule has 1 heterocycles. The molecule has 1 aliphatic heterocycles. The highest BCUT2D eigenvalue weighted by atomic mass is 16.2. The van der Waals surface area contributed by atoms with Crippen molar-refractivity contribution in [2.24, 2.45) is 0 Å². The maximum atomic E-state index is 12.7. The smallest absolute Gasteiger partial charge is 0.262 e. The van der Waals surface area contributed by atoms with Crippen LogP contribution < -0.4 is 0 Å². The topological polar surface area (TPSA) is 54.5 Å². The minimum atomic E-state index is -1.31. The maximum absolute atomic E-state index is 12.7. The average Bonchev–Trinajstić information content (AvgIpc) is 2.79. The lowest BCUT2D eigenvalue weighted by Crippen LogP contribution is -2.51. The third-order valence-corrected chi connectivity index (χ3v) is 4.26. The molecular formula is C18H15NO3. The fraction of sp³-hybridized carbons (Fsp3) is 0.167. The van der Waals surface area contributed by atoms with E-state index in [-0.39, 0.29) is 5.78 Å². The molecule has 110 valence electrons. The van der Waals surface area contributed by atoms with E-state index in [9.17, 15) is 14.4 Å². The summed E-state index contributed by atoms with van der Waals surface area (Å²) in [5.41, 5.74) is -0.00197. The lowest BCUT2D eigenvalue weighted by Gasteiger charge is -2.35. The van der Waals surface area contributed by atoms with Gasteiger partial charge in [-0.05, 0) is 31.5 Å². The summed E-state index contributed by atoms with van der Waals surface area (Å²) in [7, 11) is 0. The monoisotopic (exact) mass is 293 g/mol. The van der Waals surface area contributed by atoms with Crippen molar-refractivity contribution in [2.75, 3.05) is 0 Å². The number of hydrogen-bond donors (Lipinski definition) is 0. The summed E-state index contributed by atoms with van der Waals surface area (Å²) in [6.45, 7) is 3.02. The van der Waals surface area contributed by atoms with E-state index in [1.807, 2.05) is 6.07 Å². The first kappa shape index (κ1) is 14.2. The first-order chi connectivity index (χ1) is 10.5. The molecule has 2 aromatic carbocycles. The second-order valence-corrected chi connectivity index (χ2v) is 5.49. The number of rotatable bonds is 3. The fourth-order valence-electron chi connectivity index (χ4n) is 2.85. The van der Waals surface area contributed by atoms with Crippen molar-refractivity contribution in [3.8, 4) is 0 Å². The zero-order valence-corrected chi connectivity index (χ0v) is 12.4. The third kappa shape index (κ3) is 1.80. The van der Waals surface area contributed by atoms with Crippen molar-refractivity contribution < 1.29 is 14.4 Å². The van der Waals surface area contributed by atoms with Gasteiger partial charge < -0.3 is 0 Å². The van der Waals surface area contributed by atoms with Gasteiger partial charge >= 0.3 is 0 Å². The predicted molar refractivity (Wildman–Crippen MR) is 81.4 cm³/mol. The first-order valence-corrected chi connectivity index (χ1v) is 7.02. The lowest BCUT2D eigenvalue weighted by molar-refractivity contribution is -0.126. The molecule has 2 amide bonds. The molecule has 2 aromatic rings. The Labute approximate surface area is 128 Å². The van der Waals surface area contributed by atoms with Crippen molar-refractivity contribution in [3.63, 3.8) is 0 Å². The molecular weight excluding hydrogens is 278 g/mol. The van der Waals surface area contributed by atoms with Crippen LogP contribution in [0.2, 0.25) is 0 Å². The minimum Gasteiger partial charge on any atom is -0.297 e. The van der Waals surface area contributed by atoms with Crippen LogP contribution in [0.25, 0.3) is 0 Å². The molecule has 0 saturated heterocycles. The number of Topliss-reactive ketones (excluding diaryl/α,β-unsaturated/α-hetero) is 1. The van der Waals surface area contributed by atoms with E-state index in [2.05, 4.69) is 0 Å². The van der Waals surface area contributed by atoms with Gasteiger partial charge in [-0.2, -0.15) is 0 Å².